The SMILES string of the molecule is ClC/C=C/CNc1ccc(Cl)c(Cl)c1. The molecular weight excluding hydrogens is 240 g/mol. The van der Waals surface area contributed by atoms with Gasteiger partial charge in [0.1, 0.15) is 0 Å². The van der Waals surface area contributed by atoms with Gasteiger partial charge in [-0.15, -0.1) is 11.6 Å². The monoisotopic (exact) mass is 249 g/mol. The van der Waals surface area contributed by atoms with Gasteiger partial charge in [-0.25, -0.2) is 0 Å². The molecule has 0 saturated carbocycles. The second kappa shape index (κ2) is 6.18. The van der Waals surface area contributed by atoms with Crippen LogP contribution in [0.15, 0.2) is 30.4 Å². The third kappa shape index (κ3) is 3.79. The van der Waals surface area contributed by atoms with Crippen LogP contribution in [0.25, 0.3) is 0 Å². The Morgan fingerprint density at radius 2 is 1.93 bits per heavy atom. The minimum atomic E-state index is 0.531. The Labute approximate surface area is 98.7 Å². The van der Waals surface area contributed by atoms with Gasteiger partial charge < -0.3 is 5.32 Å². The molecule has 0 aliphatic heterocycles. The van der Waals surface area contributed by atoms with Crippen molar-refractivity contribution in [2.45, 2.75) is 0 Å². The van der Waals surface area contributed by atoms with Gasteiger partial charge in [0.25, 0.3) is 0 Å². The molecule has 0 heterocycles. The van der Waals surface area contributed by atoms with Gasteiger partial charge in [0, 0.05) is 18.1 Å². The van der Waals surface area contributed by atoms with Crippen LogP contribution >= 0.6 is 34.8 Å². The van der Waals surface area contributed by atoms with Crippen LogP contribution < -0.4 is 5.32 Å². The number of allylic oxidation sites excluding steroid dienone is 1. The maximum Gasteiger partial charge on any atom is 0.0612 e. The summed E-state index contributed by atoms with van der Waals surface area (Å²) < 4.78 is 0. The molecule has 0 fully saturated rings. The smallest absolute Gasteiger partial charge is 0.0612 e. The highest BCUT2D eigenvalue weighted by Crippen LogP contribution is 2.24. The molecule has 4 heteroatoms. The van der Waals surface area contributed by atoms with Gasteiger partial charge in [0.15, 0.2) is 0 Å². The van der Waals surface area contributed by atoms with Crippen molar-refractivity contribution in [2.75, 3.05) is 17.7 Å². The van der Waals surface area contributed by atoms with Gasteiger partial charge in [0.05, 0.1) is 10.0 Å². The third-order valence-corrected chi connectivity index (χ3v) is 2.52. The molecule has 0 aromatic heterocycles. The van der Waals surface area contributed by atoms with E-state index in [1.165, 1.54) is 0 Å². The number of hydrogen-bond acceptors (Lipinski definition) is 1. The first-order valence-corrected chi connectivity index (χ1v) is 5.43. The molecule has 1 aromatic rings. The van der Waals surface area contributed by atoms with E-state index in [4.69, 9.17) is 34.8 Å². The van der Waals surface area contributed by atoms with E-state index < -0.39 is 0 Å². The first-order valence-electron chi connectivity index (χ1n) is 4.14. The minimum absolute atomic E-state index is 0.531. The Hall–Kier alpha value is -0.370. The Morgan fingerprint density at radius 1 is 1.14 bits per heavy atom. The number of benzene rings is 1. The van der Waals surface area contributed by atoms with Crippen molar-refractivity contribution in [3.63, 3.8) is 0 Å². The summed E-state index contributed by atoms with van der Waals surface area (Å²) >= 11 is 17.1. The molecule has 0 saturated heterocycles. The van der Waals surface area contributed by atoms with Crippen LogP contribution in [-0.2, 0) is 0 Å². The van der Waals surface area contributed by atoms with Gasteiger partial charge in [-0.05, 0) is 18.2 Å². The number of rotatable bonds is 4. The molecule has 0 spiro atoms. The standard InChI is InChI=1S/C10H10Cl3N/c11-5-1-2-6-14-8-3-4-9(12)10(13)7-8/h1-4,7,14H,5-6H2/b2-1+. The Kier molecular flexibility index (Phi) is 5.16. The lowest BCUT2D eigenvalue weighted by Crippen LogP contribution is -1.97. The summed E-state index contributed by atoms with van der Waals surface area (Å²) in [5.74, 6) is 0.531. The van der Waals surface area contributed by atoms with Gasteiger partial charge >= 0.3 is 0 Å². The van der Waals surface area contributed by atoms with Crippen molar-refractivity contribution >= 4 is 40.5 Å². The second-order valence-electron chi connectivity index (χ2n) is 2.64. The Balaban J connectivity index is 2.51. The molecule has 0 aliphatic rings. The van der Waals surface area contributed by atoms with Crippen LogP contribution in [0.3, 0.4) is 0 Å². The molecule has 0 atom stereocenters. The van der Waals surface area contributed by atoms with Crippen LogP contribution in [-0.4, -0.2) is 12.4 Å². The number of anilines is 1. The number of alkyl halides is 1. The highest BCUT2D eigenvalue weighted by atomic mass is 35.5. The van der Waals surface area contributed by atoms with Crippen molar-refractivity contribution < 1.29 is 0 Å². The topological polar surface area (TPSA) is 12.0 Å². The first kappa shape index (κ1) is 11.7. The molecule has 0 unspecified atom stereocenters. The molecular formula is C10H10Cl3N. The third-order valence-electron chi connectivity index (χ3n) is 1.60. The minimum Gasteiger partial charge on any atom is -0.382 e. The van der Waals surface area contributed by atoms with Gasteiger partial charge in [-0.1, -0.05) is 35.4 Å². The van der Waals surface area contributed by atoms with Gasteiger partial charge in [0.2, 0.25) is 0 Å². The lowest BCUT2D eigenvalue weighted by atomic mass is 10.3. The zero-order valence-corrected chi connectivity index (χ0v) is 9.70. The molecule has 76 valence electrons. The highest BCUT2D eigenvalue weighted by Gasteiger charge is 1.97. The van der Waals surface area contributed by atoms with Crippen molar-refractivity contribution in [1.29, 1.82) is 0 Å². The van der Waals surface area contributed by atoms with E-state index in [1.807, 2.05) is 18.2 Å². The van der Waals surface area contributed by atoms with E-state index in [-0.39, 0.29) is 0 Å². The predicted molar refractivity (Wildman–Crippen MR) is 64.8 cm³/mol. The van der Waals surface area contributed by atoms with Crippen LogP contribution in [0, 0.1) is 0 Å². The van der Waals surface area contributed by atoms with Crippen molar-refractivity contribution in [2.24, 2.45) is 0 Å². The molecule has 1 aromatic carbocycles. The van der Waals surface area contributed by atoms with Crippen molar-refractivity contribution in [1.82, 2.24) is 0 Å². The maximum absolute atomic E-state index is 5.84. The fourth-order valence-electron chi connectivity index (χ4n) is 0.929. The fraction of sp³-hybridized carbons (Fsp3) is 0.200. The molecule has 1 N–H and O–H groups in total. The predicted octanol–water partition coefficient (Wildman–Crippen LogP) is 4.20. The number of halogens is 3. The van der Waals surface area contributed by atoms with E-state index >= 15 is 0 Å². The van der Waals surface area contributed by atoms with Crippen molar-refractivity contribution in [3.05, 3.63) is 40.4 Å². The maximum atomic E-state index is 5.84. The van der Waals surface area contributed by atoms with E-state index in [2.05, 4.69) is 5.32 Å². The molecule has 0 radical (unpaired) electrons. The van der Waals surface area contributed by atoms with E-state index in [0.29, 0.717) is 15.9 Å². The molecule has 1 nitrogen and oxygen atoms in total. The first-order chi connectivity index (χ1) is 6.74. The van der Waals surface area contributed by atoms with E-state index in [0.717, 1.165) is 12.2 Å². The van der Waals surface area contributed by atoms with Crippen LogP contribution in [0.1, 0.15) is 0 Å². The van der Waals surface area contributed by atoms with E-state index in [1.54, 1.807) is 12.1 Å². The second-order valence-corrected chi connectivity index (χ2v) is 3.76. The van der Waals surface area contributed by atoms with Crippen LogP contribution in [0.5, 0.6) is 0 Å². The van der Waals surface area contributed by atoms with Gasteiger partial charge in [-0.2, -0.15) is 0 Å². The number of nitrogens with one attached hydrogen (secondary N) is 1. The Morgan fingerprint density at radius 3 is 2.57 bits per heavy atom. The lowest BCUT2D eigenvalue weighted by molar-refractivity contribution is 1.33. The summed E-state index contributed by atoms with van der Waals surface area (Å²) in [6.45, 7) is 0.727. The van der Waals surface area contributed by atoms with Crippen LogP contribution in [0.2, 0.25) is 10.0 Å². The quantitative estimate of drug-likeness (QED) is 0.624. The summed E-state index contributed by atoms with van der Waals surface area (Å²) in [6.07, 6.45) is 3.83. The summed E-state index contributed by atoms with van der Waals surface area (Å²) in [4.78, 5) is 0. The molecule has 0 amide bonds. The van der Waals surface area contributed by atoms with Crippen molar-refractivity contribution in [3.8, 4) is 0 Å². The number of hydrogen-bond donors (Lipinski definition) is 1. The normalized spacial score (nSPS) is 10.8. The highest BCUT2D eigenvalue weighted by molar-refractivity contribution is 6.42. The molecule has 14 heavy (non-hydrogen) atoms. The zero-order chi connectivity index (χ0) is 10.4. The summed E-state index contributed by atoms with van der Waals surface area (Å²) in [5, 5.41) is 4.28. The average Bonchev–Trinajstić information content (AvgIpc) is 2.18. The lowest BCUT2D eigenvalue weighted by Gasteiger charge is -2.04. The summed E-state index contributed by atoms with van der Waals surface area (Å²) in [5.41, 5.74) is 0.943. The zero-order valence-electron chi connectivity index (χ0n) is 7.43. The average molecular weight is 251 g/mol. The summed E-state index contributed by atoms with van der Waals surface area (Å²) in [7, 11) is 0. The molecule has 0 aliphatic carbocycles. The fourth-order valence-corrected chi connectivity index (χ4v) is 1.35. The van der Waals surface area contributed by atoms with Crippen LogP contribution in [0.4, 0.5) is 5.69 Å². The molecule has 0 bridgehead atoms. The summed E-state index contributed by atoms with van der Waals surface area (Å²) in [6, 6.07) is 5.43. The molecule has 1 rings (SSSR count). The largest absolute Gasteiger partial charge is 0.382 e. The Bertz CT molecular complexity index is 323. The van der Waals surface area contributed by atoms with E-state index in [9.17, 15) is 0 Å². The van der Waals surface area contributed by atoms with Gasteiger partial charge in [-0.3, -0.25) is 0 Å².